The molecular weight excluding hydrogens is 344 g/mol. The Hall–Kier alpha value is -2.66. The summed E-state index contributed by atoms with van der Waals surface area (Å²) in [6.07, 6.45) is 2.81. The number of pyridine rings is 1. The van der Waals surface area contributed by atoms with Crippen molar-refractivity contribution in [3.8, 4) is 22.3 Å². The molecule has 130 valence electrons. The van der Waals surface area contributed by atoms with Crippen molar-refractivity contribution >= 4 is 23.2 Å². The number of nitrogens with zero attached hydrogens (tertiary/aromatic N) is 2. The predicted molar refractivity (Wildman–Crippen MR) is 104 cm³/mol. The van der Waals surface area contributed by atoms with Gasteiger partial charge in [-0.25, -0.2) is 9.78 Å². The minimum absolute atomic E-state index is 0.300. The molecule has 3 aromatic rings. The molecule has 1 amide bonds. The summed E-state index contributed by atoms with van der Waals surface area (Å²) < 4.78 is 5.21. The van der Waals surface area contributed by atoms with E-state index in [2.05, 4.69) is 41.1 Å². The number of carbonyl (C=O) groups excluding carboxylic acids is 1. The average molecular weight is 362 g/mol. The molecule has 1 aliphatic carbocycles. The van der Waals surface area contributed by atoms with E-state index in [9.17, 15) is 4.79 Å². The molecule has 2 aromatic heterocycles. The van der Waals surface area contributed by atoms with Gasteiger partial charge in [-0.1, -0.05) is 30.3 Å². The Morgan fingerprint density at radius 1 is 1.04 bits per heavy atom. The van der Waals surface area contributed by atoms with Crippen LogP contribution in [0.2, 0.25) is 0 Å². The first-order valence-corrected chi connectivity index (χ1v) is 9.85. The third kappa shape index (κ3) is 2.42. The van der Waals surface area contributed by atoms with Gasteiger partial charge in [0.25, 0.3) is 0 Å². The summed E-state index contributed by atoms with van der Waals surface area (Å²) in [5, 5.41) is 4.21. The Balaban J connectivity index is 1.85. The molecule has 0 radical (unpaired) electrons. The van der Waals surface area contributed by atoms with Crippen LogP contribution in [0.3, 0.4) is 0 Å². The van der Waals surface area contributed by atoms with Crippen LogP contribution in [0, 0.1) is 0 Å². The third-order valence-corrected chi connectivity index (χ3v) is 5.78. The highest BCUT2D eigenvalue weighted by atomic mass is 32.1. The normalized spacial score (nSPS) is 16.0. The number of aryl methyl sites for hydroxylation is 1. The SMILES string of the molecule is O=C1OCCN1c1nc2c(c(-c3ccccc3)c1-c1ccsc1)CCC2. The molecule has 5 heteroatoms. The van der Waals surface area contributed by atoms with Crippen molar-refractivity contribution in [2.75, 3.05) is 18.1 Å². The van der Waals surface area contributed by atoms with Crippen LogP contribution in [0.4, 0.5) is 10.6 Å². The Bertz CT molecular complexity index is 967. The lowest BCUT2D eigenvalue weighted by Gasteiger charge is -2.22. The summed E-state index contributed by atoms with van der Waals surface area (Å²) in [4.78, 5) is 19.0. The maximum atomic E-state index is 12.3. The Morgan fingerprint density at radius 3 is 2.65 bits per heavy atom. The zero-order valence-corrected chi connectivity index (χ0v) is 15.1. The summed E-state index contributed by atoms with van der Waals surface area (Å²) in [7, 11) is 0. The van der Waals surface area contributed by atoms with Crippen LogP contribution in [0.25, 0.3) is 22.3 Å². The molecule has 1 saturated heterocycles. The van der Waals surface area contributed by atoms with Crippen LogP contribution in [-0.4, -0.2) is 24.2 Å². The molecular formula is C21H18N2O2S. The van der Waals surface area contributed by atoms with Crippen molar-refractivity contribution in [3.63, 3.8) is 0 Å². The smallest absolute Gasteiger partial charge is 0.415 e. The first-order chi connectivity index (χ1) is 12.8. The molecule has 5 rings (SSSR count). The molecule has 2 aliphatic rings. The second-order valence-electron chi connectivity index (χ2n) is 6.61. The number of hydrogen-bond donors (Lipinski definition) is 0. The van der Waals surface area contributed by atoms with Crippen LogP contribution in [0.15, 0.2) is 47.2 Å². The molecule has 0 spiro atoms. The van der Waals surface area contributed by atoms with E-state index in [0.29, 0.717) is 13.2 Å². The van der Waals surface area contributed by atoms with E-state index in [1.807, 2.05) is 6.07 Å². The highest BCUT2D eigenvalue weighted by Crippen LogP contribution is 2.45. The molecule has 3 heterocycles. The maximum Gasteiger partial charge on any atom is 0.415 e. The Kier molecular flexibility index (Phi) is 3.75. The van der Waals surface area contributed by atoms with Crippen LogP contribution >= 0.6 is 11.3 Å². The summed E-state index contributed by atoms with van der Waals surface area (Å²) in [5.41, 5.74) is 7.03. The lowest BCUT2D eigenvalue weighted by molar-refractivity contribution is 0.181. The zero-order valence-electron chi connectivity index (χ0n) is 14.3. The highest BCUT2D eigenvalue weighted by molar-refractivity contribution is 7.08. The molecule has 1 aromatic carbocycles. The van der Waals surface area contributed by atoms with Gasteiger partial charge in [0.2, 0.25) is 0 Å². The fraction of sp³-hybridized carbons (Fsp3) is 0.238. The number of carbonyl (C=O) groups is 1. The van der Waals surface area contributed by atoms with Gasteiger partial charge in [0.05, 0.1) is 6.54 Å². The van der Waals surface area contributed by atoms with Gasteiger partial charge >= 0.3 is 6.09 Å². The van der Waals surface area contributed by atoms with Crippen molar-refractivity contribution in [3.05, 3.63) is 58.4 Å². The first kappa shape index (κ1) is 15.6. The fourth-order valence-corrected chi connectivity index (χ4v) is 4.60. The molecule has 1 aliphatic heterocycles. The number of cyclic esters (lactones) is 1. The van der Waals surface area contributed by atoms with E-state index in [0.717, 1.165) is 41.9 Å². The Labute approximate surface area is 156 Å². The van der Waals surface area contributed by atoms with Gasteiger partial charge in [-0.15, -0.1) is 0 Å². The number of thiophene rings is 1. The predicted octanol–water partition coefficient (Wildman–Crippen LogP) is 4.92. The summed E-state index contributed by atoms with van der Waals surface area (Å²) in [5.74, 6) is 0.741. The summed E-state index contributed by atoms with van der Waals surface area (Å²) >= 11 is 1.66. The van der Waals surface area contributed by atoms with Gasteiger partial charge in [0.1, 0.15) is 12.4 Å². The Morgan fingerprint density at radius 2 is 1.92 bits per heavy atom. The molecule has 0 unspecified atom stereocenters. The van der Waals surface area contributed by atoms with E-state index in [1.54, 1.807) is 16.2 Å². The monoisotopic (exact) mass is 362 g/mol. The molecule has 0 bridgehead atoms. The van der Waals surface area contributed by atoms with Crippen LogP contribution < -0.4 is 4.90 Å². The number of aromatic nitrogens is 1. The molecule has 1 fully saturated rings. The van der Waals surface area contributed by atoms with Gasteiger partial charge < -0.3 is 4.74 Å². The third-order valence-electron chi connectivity index (χ3n) is 5.09. The number of rotatable bonds is 3. The average Bonchev–Trinajstić information content (AvgIpc) is 3.42. The molecule has 26 heavy (non-hydrogen) atoms. The topological polar surface area (TPSA) is 42.4 Å². The fourth-order valence-electron chi connectivity index (χ4n) is 3.95. The first-order valence-electron chi connectivity index (χ1n) is 8.91. The van der Waals surface area contributed by atoms with Gasteiger partial charge in [-0.05, 0) is 58.3 Å². The van der Waals surface area contributed by atoms with E-state index in [1.165, 1.54) is 16.7 Å². The van der Waals surface area contributed by atoms with Crippen molar-refractivity contribution in [2.45, 2.75) is 19.3 Å². The number of ether oxygens (including phenoxy) is 1. The van der Waals surface area contributed by atoms with Crippen LogP contribution in [-0.2, 0) is 17.6 Å². The quantitative estimate of drug-likeness (QED) is 0.664. The number of amides is 1. The van der Waals surface area contributed by atoms with Gasteiger partial charge in [-0.2, -0.15) is 11.3 Å². The molecule has 0 saturated carbocycles. The molecule has 0 N–H and O–H groups in total. The highest BCUT2D eigenvalue weighted by Gasteiger charge is 2.32. The largest absolute Gasteiger partial charge is 0.447 e. The van der Waals surface area contributed by atoms with Crippen molar-refractivity contribution < 1.29 is 9.53 Å². The van der Waals surface area contributed by atoms with Gasteiger partial charge in [0, 0.05) is 11.3 Å². The lowest BCUT2D eigenvalue weighted by atomic mass is 9.91. The van der Waals surface area contributed by atoms with E-state index in [-0.39, 0.29) is 6.09 Å². The standard InChI is InChI=1S/C21H18N2O2S/c24-21-23(10-11-25-21)20-19(15-9-12-26-13-15)18(14-5-2-1-3-6-14)16-7-4-8-17(16)22-20/h1-3,5-6,9,12-13H,4,7-8,10-11H2. The van der Waals surface area contributed by atoms with E-state index >= 15 is 0 Å². The van der Waals surface area contributed by atoms with Crippen molar-refractivity contribution in [1.29, 1.82) is 0 Å². The maximum absolute atomic E-state index is 12.3. The van der Waals surface area contributed by atoms with Crippen molar-refractivity contribution in [1.82, 2.24) is 4.98 Å². The van der Waals surface area contributed by atoms with Crippen molar-refractivity contribution in [2.24, 2.45) is 0 Å². The second kappa shape index (κ2) is 6.25. The minimum atomic E-state index is -0.300. The zero-order chi connectivity index (χ0) is 17.5. The molecule has 4 nitrogen and oxygen atoms in total. The second-order valence-corrected chi connectivity index (χ2v) is 7.39. The summed E-state index contributed by atoms with van der Waals surface area (Å²) in [6.45, 7) is 0.970. The molecule has 0 atom stereocenters. The minimum Gasteiger partial charge on any atom is -0.447 e. The summed E-state index contributed by atoms with van der Waals surface area (Å²) in [6, 6.07) is 12.6. The number of benzene rings is 1. The van der Waals surface area contributed by atoms with Gasteiger partial charge in [0.15, 0.2) is 0 Å². The van der Waals surface area contributed by atoms with Crippen LogP contribution in [0.5, 0.6) is 0 Å². The number of anilines is 1. The lowest BCUT2D eigenvalue weighted by Crippen LogP contribution is -2.26. The van der Waals surface area contributed by atoms with E-state index < -0.39 is 0 Å². The van der Waals surface area contributed by atoms with Gasteiger partial charge in [-0.3, -0.25) is 4.90 Å². The van der Waals surface area contributed by atoms with Crippen LogP contribution in [0.1, 0.15) is 17.7 Å². The number of hydrogen-bond acceptors (Lipinski definition) is 4. The number of fused-ring (bicyclic) bond motifs is 1. The van der Waals surface area contributed by atoms with E-state index in [4.69, 9.17) is 9.72 Å².